The van der Waals surface area contributed by atoms with Crippen LogP contribution in [-0.4, -0.2) is 12.1 Å². The first-order valence-corrected chi connectivity index (χ1v) is 6.95. The number of ether oxygens (including phenoxy) is 2. The number of halogens is 1. The van der Waals surface area contributed by atoms with Gasteiger partial charge >= 0.3 is 0 Å². The van der Waals surface area contributed by atoms with Gasteiger partial charge in [-0.25, -0.2) is 4.98 Å². The molecule has 0 unspecified atom stereocenters. The highest BCUT2D eigenvalue weighted by Crippen LogP contribution is 2.28. The summed E-state index contributed by atoms with van der Waals surface area (Å²) in [5.41, 5.74) is 1.73. The second kappa shape index (κ2) is 6.02. The van der Waals surface area contributed by atoms with Gasteiger partial charge in [0.1, 0.15) is 11.8 Å². The molecule has 1 aromatic heterocycles. The highest BCUT2D eigenvalue weighted by atomic mass is 35.5. The molecule has 4 heteroatoms. The van der Waals surface area contributed by atoms with Crippen molar-refractivity contribution in [1.82, 2.24) is 4.98 Å². The molecule has 0 saturated heterocycles. The largest absolute Gasteiger partial charge is 0.493 e. The summed E-state index contributed by atoms with van der Waals surface area (Å²) in [5.74, 6) is 1.38. The number of hydrogen-bond acceptors (Lipinski definition) is 3. The molecule has 0 radical (unpaired) electrons. The van der Waals surface area contributed by atoms with E-state index in [0.29, 0.717) is 23.3 Å². The van der Waals surface area contributed by atoms with E-state index in [-0.39, 0.29) is 0 Å². The van der Waals surface area contributed by atoms with Gasteiger partial charge in [0.05, 0.1) is 12.6 Å². The van der Waals surface area contributed by atoms with Gasteiger partial charge in [0.15, 0.2) is 11.5 Å². The van der Waals surface area contributed by atoms with Gasteiger partial charge in [-0.15, -0.1) is 0 Å². The van der Waals surface area contributed by atoms with Crippen LogP contribution in [0.4, 0.5) is 0 Å². The smallest absolute Gasteiger partial charge is 0.161 e. The van der Waals surface area contributed by atoms with Gasteiger partial charge in [-0.1, -0.05) is 41.9 Å². The predicted molar refractivity (Wildman–Crippen MR) is 84.1 cm³/mol. The minimum absolute atomic E-state index is 0.344. The number of fused-ring (bicyclic) bond motifs is 1. The van der Waals surface area contributed by atoms with Crippen LogP contribution in [0.1, 0.15) is 5.56 Å². The molecule has 3 rings (SSSR count). The van der Waals surface area contributed by atoms with Crippen LogP contribution >= 0.6 is 11.6 Å². The van der Waals surface area contributed by atoms with Crippen LogP contribution in [0.5, 0.6) is 11.5 Å². The zero-order chi connectivity index (χ0) is 14.7. The predicted octanol–water partition coefficient (Wildman–Crippen LogP) is 4.48. The maximum absolute atomic E-state index is 6.22. The summed E-state index contributed by atoms with van der Waals surface area (Å²) in [6.07, 6.45) is 0. The van der Waals surface area contributed by atoms with E-state index >= 15 is 0 Å². The maximum atomic E-state index is 6.22. The second-order valence-electron chi connectivity index (χ2n) is 4.57. The highest BCUT2D eigenvalue weighted by Gasteiger charge is 2.08. The fraction of sp³-hybridized carbons (Fsp3) is 0.118. The third kappa shape index (κ3) is 2.93. The molecule has 0 spiro atoms. The monoisotopic (exact) mass is 299 g/mol. The van der Waals surface area contributed by atoms with Gasteiger partial charge in [0, 0.05) is 10.9 Å². The Bertz CT molecular complexity index is 774. The number of methoxy groups -OCH3 is 1. The summed E-state index contributed by atoms with van der Waals surface area (Å²) in [6, 6.07) is 17.4. The Balaban J connectivity index is 1.86. The molecule has 0 N–H and O–H groups in total. The van der Waals surface area contributed by atoms with Crippen LogP contribution in [-0.2, 0) is 6.61 Å². The van der Waals surface area contributed by atoms with Crippen molar-refractivity contribution in [1.29, 1.82) is 0 Å². The zero-order valence-electron chi connectivity index (χ0n) is 11.5. The van der Waals surface area contributed by atoms with E-state index < -0.39 is 0 Å². The molecule has 0 bridgehead atoms. The molecule has 21 heavy (non-hydrogen) atoms. The molecule has 2 aromatic carbocycles. The first kappa shape index (κ1) is 13.7. The van der Waals surface area contributed by atoms with Crippen molar-refractivity contribution in [2.24, 2.45) is 0 Å². The van der Waals surface area contributed by atoms with E-state index in [4.69, 9.17) is 21.1 Å². The van der Waals surface area contributed by atoms with Gasteiger partial charge in [-0.05, 0) is 24.3 Å². The van der Waals surface area contributed by atoms with E-state index in [1.54, 1.807) is 7.11 Å². The lowest BCUT2D eigenvalue weighted by atomic mass is 10.2. The number of hydrogen-bond donors (Lipinski definition) is 0. The van der Waals surface area contributed by atoms with E-state index in [1.165, 1.54) is 0 Å². The zero-order valence-corrected chi connectivity index (χ0v) is 12.3. The van der Waals surface area contributed by atoms with Gasteiger partial charge in [-0.3, -0.25) is 0 Å². The normalized spacial score (nSPS) is 10.6. The summed E-state index contributed by atoms with van der Waals surface area (Å²) in [5, 5.41) is 1.50. The van der Waals surface area contributed by atoms with Crippen LogP contribution in [0.25, 0.3) is 10.9 Å². The molecule has 0 amide bonds. The van der Waals surface area contributed by atoms with Crippen molar-refractivity contribution in [3.63, 3.8) is 0 Å². The van der Waals surface area contributed by atoms with Crippen LogP contribution in [0.2, 0.25) is 5.15 Å². The van der Waals surface area contributed by atoms with Crippen LogP contribution in [0.3, 0.4) is 0 Å². The lowest BCUT2D eigenvalue weighted by Crippen LogP contribution is -1.99. The Morgan fingerprint density at radius 1 is 1.00 bits per heavy atom. The fourth-order valence-corrected chi connectivity index (χ4v) is 2.33. The number of para-hydroxylation sites is 3. The average Bonchev–Trinajstić information content (AvgIpc) is 2.53. The molecule has 3 aromatic rings. The lowest BCUT2D eigenvalue weighted by molar-refractivity contribution is 0.284. The quantitative estimate of drug-likeness (QED) is 0.666. The maximum Gasteiger partial charge on any atom is 0.161 e. The summed E-state index contributed by atoms with van der Waals surface area (Å²) in [6.45, 7) is 0.344. The van der Waals surface area contributed by atoms with E-state index in [2.05, 4.69) is 4.98 Å². The summed E-state index contributed by atoms with van der Waals surface area (Å²) < 4.78 is 11.1. The average molecular weight is 300 g/mol. The Hall–Kier alpha value is -2.26. The van der Waals surface area contributed by atoms with Crippen LogP contribution in [0.15, 0.2) is 54.6 Å². The molecule has 3 nitrogen and oxygen atoms in total. The van der Waals surface area contributed by atoms with Gasteiger partial charge in [0.2, 0.25) is 0 Å². The number of benzene rings is 2. The summed E-state index contributed by atoms with van der Waals surface area (Å²) >= 11 is 6.22. The molecule has 0 fully saturated rings. The third-order valence-corrected chi connectivity index (χ3v) is 3.53. The van der Waals surface area contributed by atoms with Gasteiger partial charge < -0.3 is 9.47 Å². The topological polar surface area (TPSA) is 31.4 Å². The number of nitrogens with zero attached hydrogens (tertiary/aromatic N) is 1. The lowest BCUT2D eigenvalue weighted by Gasteiger charge is -2.11. The minimum atomic E-state index is 0.344. The minimum Gasteiger partial charge on any atom is -0.493 e. The van der Waals surface area contributed by atoms with Crippen molar-refractivity contribution < 1.29 is 9.47 Å². The van der Waals surface area contributed by atoms with Crippen molar-refractivity contribution in [3.05, 3.63) is 65.3 Å². The molecule has 1 heterocycles. The molecular weight excluding hydrogens is 286 g/mol. The van der Waals surface area contributed by atoms with Gasteiger partial charge in [0.25, 0.3) is 0 Å². The molecule has 0 atom stereocenters. The number of pyridine rings is 1. The first-order valence-electron chi connectivity index (χ1n) is 6.58. The second-order valence-corrected chi connectivity index (χ2v) is 4.93. The Morgan fingerprint density at radius 3 is 2.52 bits per heavy atom. The Kier molecular flexibility index (Phi) is 3.93. The third-order valence-electron chi connectivity index (χ3n) is 3.20. The number of aromatic nitrogens is 1. The molecule has 0 aliphatic carbocycles. The molecule has 0 aliphatic heterocycles. The van der Waals surface area contributed by atoms with Crippen molar-refractivity contribution in [3.8, 4) is 11.5 Å². The molecular formula is C17H14ClNO2. The molecule has 106 valence electrons. The van der Waals surface area contributed by atoms with Crippen molar-refractivity contribution >= 4 is 22.5 Å². The Morgan fingerprint density at radius 2 is 1.71 bits per heavy atom. The van der Waals surface area contributed by atoms with E-state index in [0.717, 1.165) is 16.5 Å². The van der Waals surface area contributed by atoms with Crippen LogP contribution < -0.4 is 9.47 Å². The van der Waals surface area contributed by atoms with Crippen molar-refractivity contribution in [2.75, 3.05) is 7.11 Å². The van der Waals surface area contributed by atoms with Crippen molar-refractivity contribution in [2.45, 2.75) is 6.61 Å². The molecule has 0 aliphatic rings. The van der Waals surface area contributed by atoms with E-state index in [1.807, 2.05) is 54.6 Å². The van der Waals surface area contributed by atoms with E-state index in [9.17, 15) is 0 Å². The summed E-state index contributed by atoms with van der Waals surface area (Å²) in [7, 11) is 1.62. The number of rotatable bonds is 4. The first-order chi connectivity index (χ1) is 10.3. The summed E-state index contributed by atoms with van der Waals surface area (Å²) in [4.78, 5) is 4.38. The fourth-order valence-electron chi connectivity index (χ4n) is 2.13. The highest BCUT2D eigenvalue weighted by molar-refractivity contribution is 6.30. The van der Waals surface area contributed by atoms with Gasteiger partial charge in [-0.2, -0.15) is 0 Å². The molecule has 0 saturated carbocycles. The standard InChI is InChI=1S/C17H14ClNO2/c1-20-15-8-4-5-9-16(15)21-11-13-10-12-6-2-3-7-14(12)19-17(13)18/h2-10H,11H2,1H3. The SMILES string of the molecule is COc1ccccc1OCc1cc2ccccc2nc1Cl. The Labute approximate surface area is 128 Å². The van der Waals surface area contributed by atoms with Crippen LogP contribution in [0, 0.1) is 0 Å².